The molecule has 0 N–H and O–H groups in total. The second-order valence-electron chi connectivity index (χ2n) is 5.54. The number of aryl methyl sites for hydroxylation is 1. The molecule has 0 radical (unpaired) electrons. The van der Waals surface area contributed by atoms with Crippen LogP contribution in [0.1, 0.15) is 44.3 Å². The van der Waals surface area contributed by atoms with Gasteiger partial charge in [-0.05, 0) is 6.42 Å². The maximum atomic E-state index is 12.0. The van der Waals surface area contributed by atoms with Gasteiger partial charge in [0.2, 0.25) is 11.8 Å². The average molecular weight is 331 g/mol. The predicted octanol–water partition coefficient (Wildman–Crippen LogP) is 0.704. The summed E-state index contributed by atoms with van der Waals surface area (Å²) in [4.78, 5) is 21.4. The van der Waals surface area contributed by atoms with Crippen LogP contribution in [0, 0.1) is 0 Å². The van der Waals surface area contributed by atoms with E-state index < -0.39 is 9.84 Å². The van der Waals surface area contributed by atoms with Gasteiger partial charge >= 0.3 is 0 Å². The maximum Gasteiger partial charge on any atom is 0.246 e. The number of hydrogen-bond acceptors (Lipinski definition) is 7. The first-order valence-corrected chi connectivity index (χ1v) is 9.16. The van der Waals surface area contributed by atoms with Crippen LogP contribution in [0.25, 0.3) is 0 Å². The van der Waals surface area contributed by atoms with Crippen LogP contribution in [-0.4, -0.2) is 54.2 Å². The minimum atomic E-state index is -3.11. The van der Waals surface area contributed by atoms with Crippen molar-refractivity contribution in [2.75, 3.05) is 24.7 Å². The zero-order chi connectivity index (χ0) is 16.2. The third kappa shape index (κ3) is 4.77. The Morgan fingerprint density at radius 1 is 1.36 bits per heavy atom. The van der Waals surface area contributed by atoms with Crippen molar-refractivity contribution in [1.82, 2.24) is 15.2 Å². The van der Waals surface area contributed by atoms with Crippen LogP contribution < -0.4 is 0 Å². The van der Waals surface area contributed by atoms with Crippen molar-refractivity contribution in [3.63, 3.8) is 0 Å². The number of carbonyl (C=O) groups is 1. The van der Waals surface area contributed by atoms with Crippen molar-refractivity contribution in [3.8, 4) is 0 Å². The zero-order valence-corrected chi connectivity index (χ0v) is 13.6. The van der Waals surface area contributed by atoms with Crippen molar-refractivity contribution in [2.24, 2.45) is 0 Å². The predicted molar refractivity (Wildman–Crippen MR) is 77.6 cm³/mol. The van der Waals surface area contributed by atoms with Gasteiger partial charge in [-0.2, -0.15) is 4.98 Å². The molecule has 0 atom stereocenters. The van der Waals surface area contributed by atoms with Crippen LogP contribution in [-0.2, 0) is 25.9 Å². The lowest BCUT2D eigenvalue weighted by Gasteiger charge is -2.18. The summed E-state index contributed by atoms with van der Waals surface area (Å²) in [5.41, 5.74) is 0. The Morgan fingerprint density at radius 2 is 2.14 bits per heavy atom. The molecule has 124 valence electrons. The smallest absolute Gasteiger partial charge is 0.246 e. The molecule has 1 amide bonds. The van der Waals surface area contributed by atoms with Crippen LogP contribution in [0.3, 0.4) is 0 Å². The molecule has 1 aliphatic heterocycles. The second-order valence-corrected chi connectivity index (χ2v) is 7.84. The fourth-order valence-electron chi connectivity index (χ4n) is 1.98. The quantitative estimate of drug-likeness (QED) is 0.782. The van der Waals surface area contributed by atoms with Crippen molar-refractivity contribution in [1.29, 1.82) is 0 Å². The number of carbonyl (C=O) groups excluding carboxylic acids is 1. The molecule has 1 aromatic rings. The van der Waals surface area contributed by atoms with Crippen molar-refractivity contribution >= 4 is 15.7 Å². The molecule has 0 spiro atoms. The van der Waals surface area contributed by atoms with Crippen LogP contribution in [0.5, 0.6) is 0 Å². The zero-order valence-electron chi connectivity index (χ0n) is 12.8. The van der Waals surface area contributed by atoms with Gasteiger partial charge in [0.15, 0.2) is 15.7 Å². The van der Waals surface area contributed by atoms with Gasteiger partial charge in [0, 0.05) is 18.8 Å². The molecular weight excluding hydrogens is 310 g/mol. The molecule has 0 aromatic carbocycles. The number of nitrogens with zero attached hydrogens (tertiary/aromatic N) is 3. The first kappa shape index (κ1) is 16.9. The highest BCUT2D eigenvalue weighted by Crippen LogP contribution is 2.12. The van der Waals surface area contributed by atoms with E-state index in [9.17, 15) is 13.2 Å². The highest BCUT2D eigenvalue weighted by molar-refractivity contribution is 7.91. The van der Waals surface area contributed by atoms with Crippen LogP contribution >= 0.6 is 0 Å². The van der Waals surface area contributed by atoms with Gasteiger partial charge in [0.1, 0.15) is 0 Å². The third-order valence-electron chi connectivity index (χ3n) is 3.31. The summed E-state index contributed by atoms with van der Waals surface area (Å²) in [6.07, 6.45) is 1.31. The number of hydroxylamine groups is 2. The highest BCUT2D eigenvalue weighted by Gasteiger charge is 2.23. The largest absolute Gasteiger partial charge is 0.339 e. The summed E-state index contributed by atoms with van der Waals surface area (Å²) in [7, 11) is -3.11. The molecule has 22 heavy (non-hydrogen) atoms. The Bertz CT molecular complexity index is 611. The Balaban J connectivity index is 1.77. The number of aromatic nitrogens is 2. The van der Waals surface area contributed by atoms with E-state index in [-0.39, 0.29) is 42.9 Å². The van der Waals surface area contributed by atoms with E-state index in [1.54, 1.807) is 0 Å². The molecule has 1 saturated heterocycles. The van der Waals surface area contributed by atoms with Gasteiger partial charge < -0.3 is 4.52 Å². The van der Waals surface area contributed by atoms with Crippen molar-refractivity contribution in [2.45, 2.75) is 39.0 Å². The molecule has 0 saturated carbocycles. The molecule has 9 heteroatoms. The summed E-state index contributed by atoms with van der Waals surface area (Å²) in [6.45, 7) is 4.06. The fourth-order valence-corrected chi connectivity index (χ4v) is 2.96. The molecule has 0 unspecified atom stereocenters. The maximum absolute atomic E-state index is 12.0. The summed E-state index contributed by atoms with van der Waals surface area (Å²) in [5.74, 6) is 1.04. The summed E-state index contributed by atoms with van der Waals surface area (Å²) in [6, 6.07) is 0. The number of hydrogen-bond donors (Lipinski definition) is 0. The van der Waals surface area contributed by atoms with Gasteiger partial charge in [0.05, 0.1) is 24.7 Å². The summed E-state index contributed by atoms with van der Waals surface area (Å²) < 4.78 is 28.0. The molecule has 1 aliphatic rings. The van der Waals surface area contributed by atoms with E-state index in [0.717, 1.165) is 5.06 Å². The molecular formula is C13H21N3O5S. The van der Waals surface area contributed by atoms with Gasteiger partial charge in [-0.25, -0.2) is 13.5 Å². The first-order chi connectivity index (χ1) is 10.4. The molecule has 1 fully saturated rings. The van der Waals surface area contributed by atoms with Crippen molar-refractivity contribution in [3.05, 3.63) is 11.7 Å². The summed E-state index contributed by atoms with van der Waals surface area (Å²) >= 11 is 0. The van der Waals surface area contributed by atoms with Crippen LogP contribution in [0.4, 0.5) is 0 Å². The van der Waals surface area contributed by atoms with Gasteiger partial charge in [-0.1, -0.05) is 19.0 Å². The van der Waals surface area contributed by atoms with Gasteiger partial charge in [-0.15, -0.1) is 0 Å². The topological polar surface area (TPSA) is 103 Å². The van der Waals surface area contributed by atoms with E-state index in [0.29, 0.717) is 24.6 Å². The molecule has 0 bridgehead atoms. The lowest BCUT2D eigenvalue weighted by atomic mass is 10.2. The van der Waals surface area contributed by atoms with Gasteiger partial charge in [-0.3, -0.25) is 9.63 Å². The minimum absolute atomic E-state index is 0.0233. The van der Waals surface area contributed by atoms with E-state index in [4.69, 9.17) is 9.36 Å². The highest BCUT2D eigenvalue weighted by atomic mass is 32.2. The molecule has 0 aliphatic carbocycles. The number of amides is 1. The van der Waals surface area contributed by atoms with Crippen LogP contribution in [0.15, 0.2) is 4.52 Å². The second kappa shape index (κ2) is 7.19. The average Bonchev–Trinajstić information content (AvgIpc) is 2.83. The Morgan fingerprint density at radius 3 is 2.82 bits per heavy atom. The molecule has 1 aromatic heterocycles. The fraction of sp³-hybridized carbons (Fsp3) is 0.769. The first-order valence-electron chi connectivity index (χ1n) is 7.33. The standard InChI is InChI=1S/C13H21N3O5S/c1-10(2)13-14-11(21-15-13)4-3-5-12(17)16-6-8-22(18,19)9-7-20-16/h10H,3-9H2,1-2H3. The lowest BCUT2D eigenvalue weighted by Crippen LogP contribution is -2.32. The normalized spacial score (nSPS) is 18.4. The number of rotatable bonds is 5. The molecule has 2 rings (SSSR count). The van der Waals surface area contributed by atoms with E-state index in [2.05, 4.69) is 10.1 Å². The molecule has 8 nitrogen and oxygen atoms in total. The molecule has 2 heterocycles. The summed E-state index contributed by atoms with van der Waals surface area (Å²) in [5, 5.41) is 5.01. The third-order valence-corrected chi connectivity index (χ3v) is 4.90. The SMILES string of the molecule is CC(C)c1noc(CCCC(=O)N2CCS(=O)(=O)CCO2)n1. The van der Waals surface area contributed by atoms with Crippen molar-refractivity contribution < 1.29 is 22.6 Å². The Kier molecular flexibility index (Phi) is 5.52. The monoisotopic (exact) mass is 331 g/mol. The van der Waals surface area contributed by atoms with Crippen LogP contribution in [0.2, 0.25) is 0 Å². The Hall–Kier alpha value is -1.48. The lowest BCUT2D eigenvalue weighted by molar-refractivity contribution is -0.182. The minimum Gasteiger partial charge on any atom is -0.339 e. The number of sulfone groups is 1. The van der Waals surface area contributed by atoms with E-state index in [1.807, 2.05) is 13.8 Å². The van der Waals surface area contributed by atoms with E-state index >= 15 is 0 Å². The Labute approximate surface area is 129 Å². The van der Waals surface area contributed by atoms with Gasteiger partial charge in [0.25, 0.3) is 0 Å². The van der Waals surface area contributed by atoms with E-state index in [1.165, 1.54) is 0 Å².